The second-order valence-corrected chi connectivity index (χ2v) is 6.71. The van der Waals surface area contributed by atoms with Gasteiger partial charge in [0.15, 0.2) is 0 Å². The van der Waals surface area contributed by atoms with Crippen LogP contribution < -0.4 is 5.32 Å². The molecule has 26 heavy (non-hydrogen) atoms. The zero-order valence-corrected chi connectivity index (χ0v) is 14.8. The summed E-state index contributed by atoms with van der Waals surface area (Å²) in [6.07, 6.45) is 1.80. The number of rotatable bonds is 6. The Kier molecular flexibility index (Phi) is 5.07. The molecule has 5 nitrogen and oxygen atoms in total. The molecule has 0 aliphatic rings. The van der Waals surface area contributed by atoms with E-state index in [0.717, 1.165) is 16.5 Å². The van der Waals surface area contributed by atoms with Crippen LogP contribution >= 0.6 is 0 Å². The third kappa shape index (κ3) is 3.61. The molecule has 0 spiro atoms. The largest absolute Gasteiger partial charge is 0.480 e. The second kappa shape index (κ2) is 7.44. The van der Waals surface area contributed by atoms with Crippen molar-refractivity contribution in [1.29, 1.82) is 0 Å². The van der Waals surface area contributed by atoms with Crippen LogP contribution in [0.25, 0.3) is 10.9 Å². The number of carbonyl (C=O) groups is 2. The highest BCUT2D eigenvalue weighted by Crippen LogP contribution is 2.23. The van der Waals surface area contributed by atoms with Gasteiger partial charge in [0.1, 0.15) is 6.04 Å². The highest BCUT2D eigenvalue weighted by Gasteiger charge is 2.25. The van der Waals surface area contributed by atoms with Crippen molar-refractivity contribution >= 4 is 22.8 Å². The summed E-state index contributed by atoms with van der Waals surface area (Å²) in [7, 11) is 0. The van der Waals surface area contributed by atoms with Gasteiger partial charge in [0, 0.05) is 23.6 Å². The number of nitrogens with one attached hydrogen (secondary N) is 1. The van der Waals surface area contributed by atoms with Gasteiger partial charge >= 0.3 is 5.97 Å². The fourth-order valence-electron chi connectivity index (χ4n) is 3.07. The van der Waals surface area contributed by atoms with E-state index in [9.17, 15) is 14.7 Å². The van der Waals surface area contributed by atoms with Crippen molar-refractivity contribution in [2.45, 2.75) is 26.4 Å². The number of carboxylic acids is 1. The predicted molar refractivity (Wildman–Crippen MR) is 101 cm³/mol. The van der Waals surface area contributed by atoms with Crippen LogP contribution in [0.1, 0.15) is 29.8 Å². The summed E-state index contributed by atoms with van der Waals surface area (Å²) in [6, 6.07) is 16.7. The number of amides is 1. The molecular formula is C21H22N2O3. The van der Waals surface area contributed by atoms with Gasteiger partial charge in [-0.15, -0.1) is 0 Å². The Morgan fingerprint density at radius 2 is 1.69 bits per heavy atom. The summed E-state index contributed by atoms with van der Waals surface area (Å²) in [4.78, 5) is 24.2. The lowest BCUT2D eigenvalue weighted by molar-refractivity contribution is -0.140. The van der Waals surface area contributed by atoms with Crippen LogP contribution in [0, 0.1) is 5.92 Å². The Labute approximate surface area is 152 Å². The molecule has 1 heterocycles. The first kappa shape index (κ1) is 17.7. The van der Waals surface area contributed by atoms with Crippen LogP contribution in [0.5, 0.6) is 0 Å². The molecule has 0 unspecified atom stereocenters. The van der Waals surface area contributed by atoms with Crippen LogP contribution in [0.3, 0.4) is 0 Å². The normalized spacial score (nSPS) is 12.3. The fourth-order valence-corrected chi connectivity index (χ4v) is 3.07. The van der Waals surface area contributed by atoms with Gasteiger partial charge in [-0.1, -0.05) is 62.4 Å². The molecule has 1 aromatic heterocycles. The molecule has 1 amide bonds. The maximum atomic E-state index is 12.8. The van der Waals surface area contributed by atoms with Crippen LogP contribution in [-0.2, 0) is 11.3 Å². The van der Waals surface area contributed by atoms with Crippen LogP contribution in [0.15, 0.2) is 60.8 Å². The molecule has 3 aromatic rings. The second-order valence-electron chi connectivity index (χ2n) is 6.71. The van der Waals surface area contributed by atoms with Gasteiger partial charge in [-0.2, -0.15) is 0 Å². The average Bonchev–Trinajstić information content (AvgIpc) is 2.99. The third-order valence-corrected chi connectivity index (χ3v) is 4.45. The minimum Gasteiger partial charge on any atom is -0.480 e. The van der Waals surface area contributed by atoms with Gasteiger partial charge in [0.2, 0.25) is 0 Å². The molecule has 0 saturated carbocycles. The van der Waals surface area contributed by atoms with Crippen molar-refractivity contribution in [3.63, 3.8) is 0 Å². The summed E-state index contributed by atoms with van der Waals surface area (Å²) in [5.41, 5.74) is 2.56. The molecule has 3 rings (SSSR count). The van der Waals surface area contributed by atoms with Gasteiger partial charge in [-0.25, -0.2) is 4.79 Å². The highest BCUT2D eigenvalue weighted by atomic mass is 16.4. The van der Waals surface area contributed by atoms with E-state index in [4.69, 9.17) is 0 Å². The molecular weight excluding hydrogens is 328 g/mol. The number of hydrogen-bond donors (Lipinski definition) is 2. The topological polar surface area (TPSA) is 71.3 Å². The lowest BCUT2D eigenvalue weighted by atomic mass is 10.0. The molecule has 0 radical (unpaired) electrons. The monoisotopic (exact) mass is 350 g/mol. The van der Waals surface area contributed by atoms with Crippen molar-refractivity contribution in [3.8, 4) is 0 Å². The number of fused-ring (bicyclic) bond motifs is 1. The standard InChI is InChI=1S/C21H22N2O3/c1-14(2)19(21(25)26)22-20(24)17-13-23(12-15-8-4-3-5-9-15)18-11-7-6-10-16(17)18/h3-11,13-14,19H,12H2,1-2H3,(H,22,24)(H,25,26)/t19-/m1/s1. The molecule has 1 atom stereocenters. The molecule has 0 bridgehead atoms. The van der Waals surface area contributed by atoms with E-state index in [0.29, 0.717) is 12.1 Å². The predicted octanol–water partition coefficient (Wildman–Crippen LogP) is 3.53. The van der Waals surface area contributed by atoms with Crippen molar-refractivity contribution in [2.75, 3.05) is 0 Å². The fraction of sp³-hybridized carbons (Fsp3) is 0.238. The van der Waals surface area contributed by atoms with Crippen LogP contribution in [-0.4, -0.2) is 27.6 Å². The molecule has 5 heteroatoms. The zero-order valence-electron chi connectivity index (χ0n) is 14.8. The zero-order chi connectivity index (χ0) is 18.7. The van der Waals surface area contributed by atoms with Crippen molar-refractivity contribution < 1.29 is 14.7 Å². The number of benzene rings is 2. The van der Waals surface area contributed by atoms with E-state index in [1.165, 1.54) is 0 Å². The lowest BCUT2D eigenvalue weighted by Crippen LogP contribution is -2.44. The molecule has 2 N–H and O–H groups in total. The van der Waals surface area contributed by atoms with Gasteiger partial charge in [0.25, 0.3) is 5.91 Å². The number of nitrogens with zero attached hydrogens (tertiary/aromatic N) is 1. The molecule has 0 saturated heterocycles. The highest BCUT2D eigenvalue weighted by molar-refractivity contribution is 6.08. The first-order valence-corrected chi connectivity index (χ1v) is 8.63. The minimum absolute atomic E-state index is 0.200. The van der Waals surface area contributed by atoms with E-state index < -0.39 is 12.0 Å². The Hall–Kier alpha value is -3.08. The first-order chi connectivity index (χ1) is 12.5. The van der Waals surface area contributed by atoms with E-state index in [1.54, 1.807) is 20.0 Å². The molecule has 0 aliphatic carbocycles. The van der Waals surface area contributed by atoms with Crippen LogP contribution in [0.4, 0.5) is 0 Å². The van der Waals surface area contributed by atoms with Gasteiger partial charge < -0.3 is 15.0 Å². The number of aliphatic carboxylic acids is 1. The Bertz CT molecular complexity index is 929. The Balaban J connectivity index is 1.96. The van der Waals surface area contributed by atoms with Gasteiger partial charge in [0.05, 0.1) is 5.56 Å². The number of carbonyl (C=O) groups excluding carboxylic acids is 1. The number of hydrogen-bond acceptors (Lipinski definition) is 2. The summed E-state index contributed by atoms with van der Waals surface area (Å²) in [5, 5.41) is 12.8. The Morgan fingerprint density at radius 3 is 2.35 bits per heavy atom. The Morgan fingerprint density at radius 1 is 1.04 bits per heavy atom. The number of carboxylic acid groups (broad SMARTS) is 1. The van der Waals surface area contributed by atoms with Crippen LogP contribution in [0.2, 0.25) is 0 Å². The van der Waals surface area contributed by atoms with Gasteiger partial charge in [-0.05, 0) is 17.5 Å². The van der Waals surface area contributed by atoms with E-state index in [2.05, 4.69) is 5.32 Å². The average molecular weight is 350 g/mol. The third-order valence-electron chi connectivity index (χ3n) is 4.45. The van der Waals surface area contributed by atoms with Crippen molar-refractivity contribution in [1.82, 2.24) is 9.88 Å². The van der Waals surface area contributed by atoms with E-state index in [-0.39, 0.29) is 11.8 Å². The minimum atomic E-state index is -1.03. The number of para-hydroxylation sites is 1. The quantitative estimate of drug-likeness (QED) is 0.714. The SMILES string of the molecule is CC(C)[C@@H](NC(=O)c1cn(Cc2ccccc2)c2ccccc12)C(=O)O. The number of aromatic nitrogens is 1. The van der Waals surface area contributed by atoms with Crippen molar-refractivity contribution in [3.05, 3.63) is 71.9 Å². The lowest BCUT2D eigenvalue weighted by Gasteiger charge is -2.17. The smallest absolute Gasteiger partial charge is 0.326 e. The molecule has 0 fully saturated rings. The maximum absolute atomic E-state index is 12.8. The summed E-state index contributed by atoms with van der Waals surface area (Å²) >= 11 is 0. The summed E-state index contributed by atoms with van der Waals surface area (Å²) < 4.78 is 2.02. The molecule has 0 aliphatic heterocycles. The molecule has 2 aromatic carbocycles. The van der Waals surface area contributed by atoms with E-state index in [1.807, 2.05) is 59.2 Å². The summed E-state index contributed by atoms with van der Waals surface area (Å²) in [5.74, 6) is -1.59. The molecule has 134 valence electrons. The first-order valence-electron chi connectivity index (χ1n) is 8.63. The maximum Gasteiger partial charge on any atom is 0.326 e. The van der Waals surface area contributed by atoms with Gasteiger partial charge in [-0.3, -0.25) is 4.79 Å². The summed E-state index contributed by atoms with van der Waals surface area (Å²) in [6.45, 7) is 4.19. The van der Waals surface area contributed by atoms with Crippen molar-refractivity contribution in [2.24, 2.45) is 5.92 Å². The van der Waals surface area contributed by atoms with E-state index >= 15 is 0 Å².